The first-order chi connectivity index (χ1) is 14.1. The first-order valence-electron chi connectivity index (χ1n) is 9.08. The Kier molecular flexibility index (Phi) is 5.69. The average molecular weight is 430 g/mol. The summed E-state index contributed by atoms with van der Waals surface area (Å²) in [5.74, 6) is 2.06. The van der Waals surface area contributed by atoms with E-state index >= 15 is 0 Å². The van der Waals surface area contributed by atoms with Crippen LogP contribution in [0.25, 0.3) is 0 Å². The monoisotopic (exact) mass is 429 g/mol. The third kappa shape index (κ3) is 3.93. The number of para-hydroxylation sites is 1. The molecule has 0 unspecified atom stereocenters. The molecule has 1 aliphatic heterocycles. The molecule has 3 aromatic rings. The molecule has 29 heavy (non-hydrogen) atoms. The molecule has 1 atom stereocenters. The van der Waals surface area contributed by atoms with Gasteiger partial charge < -0.3 is 14.8 Å². The third-order valence-electron chi connectivity index (χ3n) is 4.74. The van der Waals surface area contributed by atoms with Gasteiger partial charge in [0.15, 0.2) is 17.3 Å². The predicted octanol–water partition coefficient (Wildman–Crippen LogP) is 4.73. The fourth-order valence-corrected chi connectivity index (χ4v) is 4.73. The van der Waals surface area contributed by atoms with Gasteiger partial charge in [0.2, 0.25) is 5.91 Å². The van der Waals surface area contributed by atoms with Gasteiger partial charge in [-0.2, -0.15) is 5.10 Å². The number of carbonyl (C=O) groups excluding carboxylic acids is 1. The van der Waals surface area contributed by atoms with E-state index in [1.165, 1.54) is 11.8 Å². The highest BCUT2D eigenvalue weighted by atomic mass is 35.5. The maximum absolute atomic E-state index is 12.1. The molecule has 2 heterocycles. The van der Waals surface area contributed by atoms with Crippen molar-refractivity contribution in [1.29, 1.82) is 0 Å². The zero-order valence-corrected chi connectivity index (χ0v) is 17.6. The standard InChI is InChI=1S/C21H20ClN3O3S/c1-12-18-20(29-11-17(26)23-21(18)25-24-12)14-7-5-9-16(27-2)19(14)28-10-13-6-3-4-8-15(13)22/h3-9,20H,10-11H2,1-2H3,(H2,23,24,25,26)/t20-/m0/s1. The smallest absolute Gasteiger partial charge is 0.235 e. The minimum absolute atomic E-state index is 0.0771. The highest BCUT2D eigenvalue weighted by Crippen LogP contribution is 2.48. The van der Waals surface area contributed by atoms with Gasteiger partial charge in [-0.05, 0) is 19.1 Å². The van der Waals surface area contributed by atoms with E-state index in [1.54, 1.807) is 7.11 Å². The molecule has 0 saturated heterocycles. The van der Waals surface area contributed by atoms with E-state index in [9.17, 15) is 4.79 Å². The van der Waals surface area contributed by atoms with Gasteiger partial charge in [0.1, 0.15) is 6.61 Å². The minimum atomic E-state index is -0.140. The fourth-order valence-electron chi connectivity index (χ4n) is 3.33. The van der Waals surface area contributed by atoms with Crippen LogP contribution in [0.5, 0.6) is 11.5 Å². The third-order valence-corrected chi connectivity index (χ3v) is 6.36. The number of nitrogens with zero attached hydrogens (tertiary/aromatic N) is 1. The number of thioether (sulfide) groups is 1. The lowest BCUT2D eigenvalue weighted by Crippen LogP contribution is -2.12. The van der Waals surface area contributed by atoms with Crippen molar-refractivity contribution in [2.24, 2.45) is 0 Å². The van der Waals surface area contributed by atoms with E-state index in [1.807, 2.05) is 49.4 Å². The molecule has 1 amide bonds. The molecule has 0 bridgehead atoms. The van der Waals surface area contributed by atoms with E-state index in [2.05, 4.69) is 15.5 Å². The molecule has 0 saturated carbocycles. The van der Waals surface area contributed by atoms with Crippen LogP contribution in [0.3, 0.4) is 0 Å². The predicted molar refractivity (Wildman–Crippen MR) is 115 cm³/mol. The molecule has 6 nitrogen and oxygen atoms in total. The number of methoxy groups -OCH3 is 1. The Morgan fingerprint density at radius 1 is 1.24 bits per heavy atom. The Bertz CT molecular complexity index is 1050. The first kappa shape index (κ1) is 19.7. The van der Waals surface area contributed by atoms with E-state index in [4.69, 9.17) is 21.1 Å². The maximum atomic E-state index is 12.1. The lowest BCUT2D eigenvalue weighted by Gasteiger charge is -2.21. The summed E-state index contributed by atoms with van der Waals surface area (Å²) in [6.07, 6.45) is 0. The molecule has 4 rings (SSSR count). The molecular formula is C21H20ClN3O3S. The normalized spacial score (nSPS) is 16.0. The van der Waals surface area contributed by atoms with Gasteiger partial charge in [-0.15, -0.1) is 11.8 Å². The number of carbonyl (C=O) groups is 1. The number of hydrogen-bond donors (Lipinski definition) is 2. The van der Waals surface area contributed by atoms with Gasteiger partial charge in [-0.25, -0.2) is 0 Å². The summed E-state index contributed by atoms with van der Waals surface area (Å²) in [6.45, 7) is 2.25. The molecular weight excluding hydrogens is 410 g/mol. The van der Waals surface area contributed by atoms with Crippen LogP contribution in [0.15, 0.2) is 42.5 Å². The van der Waals surface area contributed by atoms with Crippen LogP contribution in [-0.4, -0.2) is 29.0 Å². The molecule has 2 aromatic carbocycles. The van der Waals surface area contributed by atoms with Crippen LogP contribution in [0.2, 0.25) is 5.02 Å². The Morgan fingerprint density at radius 2 is 2.07 bits per heavy atom. The Balaban J connectivity index is 1.75. The number of benzene rings is 2. The first-order valence-corrected chi connectivity index (χ1v) is 10.5. The van der Waals surface area contributed by atoms with Crippen molar-refractivity contribution in [3.05, 3.63) is 69.9 Å². The van der Waals surface area contributed by atoms with Gasteiger partial charge in [0.05, 0.1) is 18.1 Å². The number of nitrogens with one attached hydrogen (secondary N) is 2. The largest absolute Gasteiger partial charge is 0.493 e. The lowest BCUT2D eigenvalue weighted by molar-refractivity contribution is -0.113. The van der Waals surface area contributed by atoms with Crippen LogP contribution in [-0.2, 0) is 11.4 Å². The van der Waals surface area contributed by atoms with Gasteiger partial charge in [0, 0.05) is 27.4 Å². The van der Waals surface area contributed by atoms with Crippen LogP contribution in [0, 0.1) is 6.92 Å². The highest BCUT2D eigenvalue weighted by molar-refractivity contribution is 8.00. The van der Waals surface area contributed by atoms with E-state index < -0.39 is 0 Å². The lowest BCUT2D eigenvalue weighted by atomic mass is 10.0. The summed E-state index contributed by atoms with van der Waals surface area (Å²) >= 11 is 7.82. The molecule has 0 aliphatic carbocycles. The van der Waals surface area contributed by atoms with Crippen molar-refractivity contribution in [2.45, 2.75) is 18.8 Å². The van der Waals surface area contributed by atoms with Gasteiger partial charge in [0.25, 0.3) is 0 Å². The van der Waals surface area contributed by atoms with Crippen molar-refractivity contribution < 1.29 is 14.3 Å². The van der Waals surface area contributed by atoms with Crippen LogP contribution in [0.1, 0.15) is 27.6 Å². The van der Waals surface area contributed by atoms with Crippen LogP contribution < -0.4 is 14.8 Å². The second-order valence-corrected chi connectivity index (χ2v) is 8.11. The number of ether oxygens (including phenoxy) is 2. The SMILES string of the molecule is COc1cccc([C@@H]2SCC(=O)Nc3n[nH]c(C)c32)c1OCc1ccccc1Cl. The second-order valence-electron chi connectivity index (χ2n) is 6.61. The van der Waals surface area contributed by atoms with Gasteiger partial charge >= 0.3 is 0 Å². The van der Waals surface area contributed by atoms with Crippen molar-refractivity contribution in [2.75, 3.05) is 18.2 Å². The number of fused-ring (bicyclic) bond motifs is 1. The van der Waals surface area contributed by atoms with Crippen molar-refractivity contribution in [3.8, 4) is 11.5 Å². The quantitative estimate of drug-likeness (QED) is 0.613. The zero-order valence-electron chi connectivity index (χ0n) is 16.0. The number of halogens is 1. The van der Waals surface area contributed by atoms with Gasteiger partial charge in [-0.3, -0.25) is 9.89 Å². The maximum Gasteiger partial charge on any atom is 0.235 e. The van der Waals surface area contributed by atoms with Crippen molar-refractivity contribution in [1.82, 2.24) is 10.2 Å². The number of aromatic amines is 1. The van der Waals surface area contributed by atoms with E-state index in [0.29, 0.717) is 34.7 Å². The van der Waals surface area contributed by atoms with Crippen molar-refractivity contribution >= 4 is 35.1 Å². The second kappa shape index (κ2) is 8.39. The van der Waals surface area contributed by atoms with E-state index in [-0.39, 0.29) is 11.2 Å². The molecule has 0 fully saturated rings. The Labute approximate surface area is 177 Å². The number of rotatable bonds is 5. The minimum Gasteiger partial charge on any atom is -0.493 e. The highest BCUT2D eigenvalue weighted by Gasteiger charge is 2.31. The molecule has 0 radical (unpaired) electrons. The number of anilines is 1. The summed E-state index contributed by atoms with van der Waals surface area (Å²) < 4.78 is 11.8. The van der Waals surface area contributed by atoms with Crippen LogP contribution in [0.4, 0.5) is 5.82 Å². The molecule has 150 valence electrons. The zero-order chi connectivity index (χ0) is 20.4. The number of aromatic nitrogens is 2. The Morgan fingerprint density at radius 3 is 2.86 bits per heavy atom. The number of hydrogen-bond acceptors (Lipinski definition) is 5. The summed E-state index contributed by atoms with van der Waals surface area (Å²) in [7, 11) is 1.61. The number of aryl methyl sites for hydroxylation is 1. The van der Waals surface area contributed by atoms with Gasteiger partial charge in [-0.1, -0.05) is 41.9 Å². The van der Waals surface area contributed by atoms with Crippen molar-refractivity contribution in [3.63, 3.8) is 0 Å². The number of H-pyrrole nitrogens is 1. The van der Waals surface area contributed by atoms with Crippen LogP contribution >= 0.6 is 23.4 Å². The summed E-state index contributed by atoms with van der Waals surface area (Å²) in [5, 5.41) is 10.6. The Hall–Kier alpha value is -2.64. The summed E-state index contributed by atoms with van der Waals surface area (Å²) in [6, 6.07) is 13.4. The molecule has 0 spiro atoms. The topological polar surface area (TPSA) is 76.2 Å². The average Bonchev–Trinajstić information content (AvgIpc) is 2.98. The molecule has 8 heteroatoms. The summed E-state index contributed by atoms with van der Waals surface area (Å²) in [5.41, 5.74) is 3.65. The summed E-state index contributed by atoms with van der Waals surface area (Å²) in [4.78, 5) is 12.1. The molecule has 2 N–H and O–H groups in total. The fraction of sp³-hybridized carbons (Fsp3) is 0.238. The number of amides is 1. The molecule has 1 aromatic heterocycles. The molecule has 1 aliphatic rings. The van der Waals surface area contributed by atoms with E-state index in [0.717, 1.165) is 22.4 Å².